The van der Waals surface area contributed by atoms with Crippen molar-refractivity contribution in [2.45, 2.75) is 207 Å². The monoisotopic (exact) mass is 707 g/mol. The van der Waals surface area contributed by atoms with Crippen LogP contribution in [0.5, 0.6) is 0 Å². The quantitative estimate of drug-likeness (QED) is 0.0411. The van der Waals surface area contributed by atoms with E-state index in [9.17, 15) is 5.53 Å². The zero-order chi connectivity index (χ0) is 36.9. The molecule has 0 unspecified atom stereocenters. The smallest absolute Gasteiger partial charge is 0.211 e. The molecule has 0 spiro atoms. The normalized spacial score (nSPS) is 13.2. The molecule has 0 amide bonds. The Balaban J connectivity index is 1.33. The van der Waals surface area contributed by atoms with Crippen molar-refractivity contribution in [2.75, 3.05) is 0 Å². The highest BCUT2D eigenvalue weighted by molar-refractivity contribution is 5.79. The molecular weight excluding hydrogens is 629 g/mol. The van der Waals surface area contributed by atoms with Crippen LogP contribution in [0.25, 0.3) is 16.9 Å². The van der Waals surface area contributed by atoms with E-state index in [1.54, 1.807) is 0 Å². The Hall–Kier alpha value is -2.74. The Kier molecular flexibility index (Phi) is 24.1. The molecule has 3 rings (SSSR count). The predicted octanol–water partition coefficient (Wildman–Crippen LogP) is 16.7. The number of hydrogen-bond acceptors (Lipinski definition) is 0. The van der Waals surface area contributed by atoms with Crippen LogP contribution in [-0.2, 0) is 12.8 Å². The van der Waals surface area contributed by atoms with Gasteiger partial charge in [0.05, 0.1) is 0 Å². The summed E-state index contributed by atoms with van der Waals surface area (Å²) in [7, 11) is 0. The molecule has 0 atom stereocenters. The van der Waals surface area contributed by atoms with Gasteiger partial charge in [0.1, 0.15) is 0 Å². The lowest BCUT2D eigenvalue weighted by molar-refractivity contribution is -0.344. The van der Waals surface area contributed by atoms with Crippen LogP contribution in [0.4, 0.5) is 0 Å². The van der Waals surface area contributed by atoms with Crippen molar-refractivity contribution in [1.29, 1.82) is 0 Å². The second-order valence-electron chi connectivity index (χ2n) is 15.8. The lowest BCUT2D eigenvalue weighted by Crippen LogP contribution is -2.05. The highest BCUT2D eigenvalue weighted by Gasteiger charge is 2.29. The number of benzene rings is 2. The van der Waals surface area contributed by atoms with Crippen LogP contribution >= 0.6 is 0 Å². The summed E-state index contributed by atoms with van der Waals surface area (Å²) in [5.74, 6) is 0. The molecule has 0 fully saturated rings. The van der Waals surface area contributed by atoms with E-state index < -0.39 is 0 Å². The van der Waals surface area contributed by atoms with Gasteiger partial charge in [-0.1, -0.05) is 198 Å². The molecule has 52 heavy (non-hydrogen) atoms. The molecule has 0 N–H and O–H groups in total. The first-order chi connectivity index (χ1) is 25.7. The molecule has 1 heterocycles. The molecule has 0 aliphatic carbocycles. The number of allylic oxidation sites excluding steroid dienone is 4. The van der Waals surface area contributed by atoms with Gasteiger partial charge in [0.15, 0.2) is 0 Å². The van der Waals surface area contributed by atoms with Crippen molar-refractivity contribution >= 4 is 11.4 Å². The third kappa shape index (κ3) is 17.4. The van der Waals surface area contributed by atoms with Gasteiger partial charge in [-0.05, 0) is 80.7 Å². The maximum atomic E-state index is 11.7. The Labute approximate surface area is 322 Å². The average Bonchev–Trinajstić information content (AvgIpc) is 3.50. The molecular formula is C50H78N2. The summed E-state index contributed by atoms with van der Waals surface area (Å²) < 4.78 is 1.48. The summed E-state index contributed by atoms with van der Waals surface area (Å²) in [4.78, 5) is 0. The fraction of sp³-hybridized carbons (Fsp3) is 0.640. The molecule has 0 radical (unpaired) electrons. The molecule has 2 aromatic carbocycles. The van der Waals surface area contributed by atoms with E-state index >= 15 is 0 Å². The van der Waals surface area contributed by atoms with E-state index in [0.29, 0.717) is 0 Å². The molecule has 288 valence electrons. The maximum Gasteiger partial charge on any atom is 0.211 e. The predicted molar refractivity (Wildman–Crippen MR) is 230 cm³/mol. The van der Waals surface area contributed by atoms with Gasteiger partial charge in [0.25, 0.3) is 0 Å². The van der Waals surface area contributed by atoms with Crippen molar-refractivity contribution in [3.63, 3.8) is 0 Å². The number of unbranched alkanes of at least 4 members (excludes halogenated alkanes) is 22. The largest absolute Gasteiger partial charge is 0.493 e. The minimum atomic E-state index is 0.901. The van der Waals surface area contributed by atoms with Crippen LogP contribution in [0.2, 0.25) is 0 Å². The lowest BCUT2D eigenvalue weighted by Gasteiger charge is -2.13. The van der Waals surface area contributed by atoms with Crippen molar-refractivity contribution < 1.29 is 4.70 Å². The number of hydrogen-bond donors (Lipinski definition) is 0. The van der Waals surface area contributed by atoms with Gasteiger partial charge in [0.2, 0.25) is 11.4 Å². The first kappa shape index (κ1) is 43.7. The second kappa shape index (κ2) is 28.7. The summed E-state index contributed by atoms with van der Waals surface area (Å²) >= 11 is 0. The Morgan fingerprint density at radius 3 is 1.56 bits per heavy atom. The first-order valence-electron chi connectivity index (χ1n) is 22.5. The van der Waals surface area contributed by atoms with E-state index in [-0.39, 0.29) is 0 Å². The van der Waals surface area contributed by atoms with Gasteiger partial charge in [-0.15, -0.1) is 0 Å². The van der Waals surface area contributed by atoms with E-state index in [1.807, 2.05) is 0 Å². The third-order valence-electron chi connectivity index (χ3n) is 11.2. The van der Waals surface area contributed by atoms with Gasteiger partial charge in [-0.25, -0.2) is 4.70 Å². The van der Waals surface area contributed by atoms with E-state index in [2.05, 4.69) is 87.5 Å². The number of nitrogens with zero attached hydrogens (tertiary/aromatic N) is 2. The summed E-state index contributed by atoms with van der Waals surface area (Å²) in [5.41, 5.74) is 19.8. The molecule has 1 aliphatic rings. The van der Waals surface area contributed by atoms with Crippen LogP contribution in [0.1, 0.15) is 216 Å². The maximum absolute atomic E-state index is 11.7. The molecule has 0 bridgehead atoms. The van der Waals surface area contributed by atoms with Crippen molar-refractivity contribution in [2.24, 2.45) is 0 Å². The van der Waals surface area contributed by atoms with Gasteiger partial charge in [-0.3, -0.25) is 0 Å². The molecule has 2 heteroatoms. The molecule has 2 aromatic rings. The van der Waals surface area contributed by atoms with Crippen molar-refractivity contribution in [3.8, 4) is 0 Å². The highest BCUT2D eigenvalue weighted by Crippen LogP contribution is 2.39. The van der Waals surface area contributed by atoms with Crippen LogP contribution in [0.15, 0.2) is 72.3 Å². The van der Waals surface area contributed by atoms with Crippen LogP contribution in [0, 0.1) is 0 Å². The van der Waals surface area contributed by atoms with Crippen molar-refractivity contribution in [3.05, 3.63) is 100 Å². The fourth-order valence-corrected chi connectivity index (χ4v) is 7.81. The minimum absolute atomic E-state index is 0.901. The molecule has 0 saturated carbocycles. The lowest BCUT2D eigenvalue weighted by atomic mass is 9.96. The third-order valence-corrected chi connectivity index (χ3v) is 11.2. The van der Waals surface area contributed by atoms with Gasteiger partial charge < -0.3 is 5.53 Å². The molecule has 2 nitrogen and oxygen atoms in total. The topological polar surface area (TPSA) is 25.3 Å². The number of aryl methyl sites for hydroxylation is 2. The molecule has 1 aliphatic heterocycles. The summed E-state index contributed by atoms with van der Waals surface area (Å²) in [6, 6.07) is 17.6. The Morgan fingerprint density at radius 2 is 0.981 bits per heavy atom. The van der Waals surface area contributed by atoms with Crippen LogP contribution < -0.4 is 0 Å². The average molecular weight is 707 g/mol. The standard InChI is InChI=1S/C50H78N2/c1-4-7-10-12-13-14-15-16-17-18-19-20-21-22-23-24-25-26-27-28-29-31-36-45-37-32-33-38-48(45)50-47(35-9-6-3)43-49(52(50)51)46-41-39-44(40-42-46)34-30-11-8-5-2/h28-29,32-33,37-43H,4-27,30-31,34-36H2,1-3H3. The Morgan fingerprint density at radius 1 is 0.481 bits per heavy atom. The SMILES string of the molecule is CCCCCCCCCCCCCCCCCCCCC=CCCc1ccccc1C1=C(CCCC)C=C(c2ccc(CCCCCC)cc2)[N+]1=[N-]. The fourth-order valence-electron chi connectivity index (χ4n) is 7.81. The summed E-state index contributed by atoms with van der Waals surface area (Å²) in [5, 5.41) is 0. The number of rotatable bonds is 32. The van der Waals surface area contributed by atoms with Crippen LogP contribution in [-0.4, -0.2) is 4.70 Å². The zero-order valence-electron chi connectivity index (χ0n) is 34.3. The molecule has 0 saturated heterocycles. The summed E-state index contributed by atoms with van der Waals surface area (Å²) in [6.07, 6.45) is 45.5. The Bertz CT molecular complexity index is 1310. The zero-order valence-corrected chi connectivity index (χ0v) is 34.3. The van der Waals surface area contributed by atoms with Gasteiger partial charge in [-0.2, -0.15) is 0 Å². The first-order valence-corrected chi connectivity index (χ1v) is 22.5. The van der Waals surface area contributed by atoms with Crippen molar-refractivity contribution in [1.82, 2.24) is 0 Å². The summed E-state index contributed by atoms with van der Waals surface area (Å²) in [6.45, 7) is 6.81. The second-order valence-corrected chi connectivity index (χ2v) is 15.8. The van der Waals surface area contributed by atoms with E-state index in [1.165, 1.54) is 175 Å². The van der Waals surface area contributed by atoms with Gasteiger partial charge >= 0.3 is 0 Å². The minimum Gasteiger partial charge on any atom is -0.493 e. The van der Waals surface area contributed by atoms with E-state index in [0.717, 1.165) is 55.5 Å². The van der Waals surface area contributed by atoms with Crippen LogP contribution in [0.3, 0.4) is 0 Å². The van der Waals surface area contributed by atoms with E-state index in [4.69, 9.17) is 0 Å². The van der Waals surface area contributed by atoms with Gasteiger partial charge in [0, 0.05) is 22.8 Å². The highest BCUT2D eigenvalue weighted by atomic mass is 15.2. The molecule has 0 aromatic heterocycles.